The molecule has 0 aliphatic carbocycles. The van der Waals surface area contributed by atoms with Crippen LogP contribution in [0.1, 0.15) is 52.7 Å². The van der Waals surface area contributed by atoms with Crippen LogP contribution in [0.15, 0.2) is 243 Å². The van der Waals surface area contributed by atoms with E-state index in [2.05, 4.69) is 294 Å². The Labute approximate surface area is 434 Å². The number of aromatic nitrogens is 1. The van der Waals surface area contributed by atoms with Gasteiger partial charge in [-0.2, -0.15) is 0 Å². The van der Waals surface area contributed by atoms with Crippen molar-refractivity contribution < 1.29 is 0 Å². The third-order valence-corrected chi connectivity index (χ3v) is 15.5. The Morgan fingerprint density at radius 3 is 1.32 bits per heavy atom. The lowest BCUT2D eigenvalue weighted by atomic mass is 9.85. The maximum Gasteiger partial charge on any atom is 0.0618 e. The van der Waals surface area contributed by atoms with Gasteiger partial charge in [-0.05, 0) is 125 Å². The van der Waals surface area contributed by atoms with Crippen molar-refractivity contribution in [1.29, 1.82) is 0 Å². The molecule has 0 saturated heterocycles. The molecule has 2 nitrogen and oxygen atoms in total. The van der Waals surface area contributed by atoms with E-state index in [1.54, 1.807) is 0 Å². The van der Waals surface area contributed by atoms with E-state index in [1.807, 2.05) is 0 Å². The smallest absolute Gasteiger partial charge is 0.0618 e. The first kappa shape index (κ1) is 45.2. The van der Waals surface area contributed by atoms with Crippen LogP contribution >= 0.6 is 0 Å². The van der Waals surface area contributed by atoms with Crippen molar-refractivity contribution in [2.45, 2.75) is 52.4 Å². The van der Waals surface area contributed by atoms with E-state index in [1.165, 1.54) is 87.6 Å². The van der Waals surface area contributed by atoms with Crippen molar-refractivity contribution in [1.82, 2.24) is 4.57 Å². The fourth-order valence-electron chi connectivity index (χ4n) is 11.6. The van der Waals surface area contributed by atoms with Crippen LogP contribution in [-0.2, 0) is 10.8 Å². The average molecular weight is 951 g/mol. The van der Waals surface area contributed by atoms with Crippen molar-refractivity contribution >= 4 is 71.2 Å². The molecule has 0 saturated carbocycles. The van der Waals surface area contributed by atoms with Crippen LogP contribution in [0.5, 0.6) is 0 Å². The Morgan fingerprint density at radius 1 is 0.324 bits per heavy atom. The van der Waals surface area contributed by atoms with Gasteiger partial charge in [-0.25, -0.2) is 0 Å². The lowest BCUT2D eigenvalue weighted by Crippen LogP contribution is -2.13. The molecule has 0 bridgehead atoms. The molecule has 0 radical (unpaired) electrons. The highest BCUT2D eigenvalue weighted by molar-refractivity contribution is 6.28. The fourth-order valence-corrected chi connectivity index (χ4v) is 11.6. The average Bonchev–Trinajstić information content (AvgIpc) is 3.77. The van der Waals surface area contributed by atoms with Crippen LogP contribution in [0.3, 0.4) is 0 Å². The minimum atomic E-state index is 0.0156. The van der Waals surface area contributed by atoms with Crippen molar-refractivity contribution in [2.75, 3.05) is 4.90 Å². The summed E-state index contributed by atoms with van der Waals surface area (Å²) in [5.74, 6) is 0. The highest BCUT2D eigenvalue weighted by atomic mass is 15.1. The van der Waals surface area contributed by atoms with Crippen LogP contribution in [0.2, 0.25) is 0 Å². The van der Waals surface area contributed by atoms with E-state index in [9.17, 15) is 0 Å². The Morgan fingerprint density at radius 2 is 0.770 bits per heavy atom. The Hall–Kier alpha value is -8.72. The van der Waals surface area contributed by atoms with Crippen LogP contribution in [0.4, 0.5) is 17.1 Å². The van der Waals surface area contributed by atoms with E-state index >= 15 is 0 Å². The normalized spacial score (nSPS) is 12.2. The predicted molar refractivity (Wildman–Crippen MR) is 318 cm³/mol. The number of benzene rings is 12. The summed E-state index contributed by atoms with van der Waals surface area (Å²) in [5.41, 5.74) is 19.1. The van der Waals surface area contributed by atoms with Crippen LogP contribution in [0, 0.1) is 0 Å². The van der Waals surface area contributed by atoms with E-state index in [-0.39, 0.29) is 10.8 Å². The molecular weight excluding hydrogens is 893 g/mol. The van der Waals surface area contributed by atoms with Crippen LogP contribution in [0.25, 0.3) is 104 Å². The first-order valence-electron chi connectivity index (χ1n) is 26.1. The maximum atomic E-state index is 2.55. The highest BCUT2D eigenvalue weighted by Gasteiger charge is 2.27. The van der Waals surface area contributed by atoms with Crippen molar-refractivity contribution in [3.63, 3.8) is 0 Å². The zero-order valence-electron chi connectivity index (χ0n) is 43.0. The quantitative estimate of drug-likeness (QED) is 0.138. The predicted octanol–water partition coefficient (Wildman–Crippen LogP) is 20.4. The summed E-state index contributed by atoms with van der Waals surface area (Å²) in [6.07, 6.45) is 0. The number of fused-ring (bicyclic) bond motifs is 3. The molecule has 0 N–H and O–H groups in total. The Bertz CT molecular complexity index is 4100. The summed E-state index contributed by atoms with van der Waals surface area (Å²) in [5, 5.41) is 10.0. The number of hydrogen-bond acceptors (Lipinski definition) is 1. The first-order valence-corrected chi connectivity index (χ1v) is 26.1. The molecule has 1 heterocycles. The lowest BCUT2D eigenvalue weighted by molar-refractivity contribution is 0.590. The second-order valence-corrected chi connectivity index (χ2v) is 22.2. The van der Waals surface area contributed by atoms with E-state index < -0.39 is 0 Å². The summed E-state index contributed by atoms with van der Waals surface area (Å²) < 4.78 is 2.53. The number of hydrogen-bond donors (Lipinski definition) is 0. The molecule has 0 spiro atoms. The van der Waals surface area contributed by atoms with Gasteiger partial charge in [-0.1, -0.05) is 236 Å². The Kier molecular flexibility index (Phi) is 10.7. The molecule has 0 atom stereocenters. The molecule has 13 aromatic rings. The van der Waals surface area contributed by atoms with E-state index in [0.29, 0.717) is 0 Å². The van der Waals surface area contributed by atoms with E-state index in [0.717, 1.165) is 44.9 Å². The maximum absolute atomic E-state index is 2.55. The molecule has 74 heavy (non-hydrogen) atoms. The number of para-hydroxylation sites is 1. The van der Waals surface area contributed by atoms with Gasteiger partial charge in [-0.15, -0.1) is 0 Å². The number of anilines is 3. The lowest BCUT2D eigenvalue weighted by Gasteiger charge is -2.32. The third kappa shape index (κ3) is 7.64. The van der Waals surface area contributed by atoms with E-state index in [4.69, 9.17) is 0 Å². The minimum absolute atomic E-state index is 0.0156. The number of rotatable bonds is 8. The van der Waals surface area contributed by atoms with Gasteiger partial charge in [0, 0.05) is 38.4 Å². The topological polar surface area (TPSA) is 8.17 Å². The van der Waals surface area contributed by atoms with Gasteiger partial charge in [0.05, 0.1) is 28.1 Å². The minimum Gasteiger partial charge on any atom is -0.309 e. The summed E-state index contributed by atoms with van der Waals surface area (Å²) in [6, 6.07) is 90.5. The standard InChI is InChI=1S/C72H58N2/c1-71(2,3)55-36-42-66-62(45-55)63-46-56(72(4,5)6)37-43-67(63)74(66)65-41-35-53-32-38-60-64(40-34-52-33-39-61(65)69(53)68(52)60)73(57-25-16-24-54(44-57)49-30-28-48(29-31-49)47-18-10-7-11-19-47)70-58(50-20-12-8-13-21-50)26-17-27-59(70)51-22-14-9-15-23-51/h7-46H,1-6H3. The third-order valence-electron chi connectivity index (χ3n) is 15.5. The van der Waals surface area contributed by atoms with Crippen LogP contribution in [-0.4, -0.2) is 4.57 Å². The molecule has 0 amide bonds. The Balaban J connectivity index is 1.07. The first-order chi connectivity index (χ1) is 36.0. The summed E-state index contributed by atoms with van der Waals surface area (Å²) >= 11 is 0. The van der Waals surface area contributed by atoms with Crippen molar-refractivity contribution in [2.24, 2.45) is 0 Å². The van der Waals surface area contributed by atoms with Gasteiger partial charge in [0.1, 0.15) is 0 Å². The second kappa shape index (κ2) is 17.5. The molecular formula is C72H58N2. The van der Waals surface area contributed by atoms with Gasteiger partial charge < -0.3 is 9.47 Å². The monoisotopic (exact) mass is 950 g/mol. The van der Waals surface area contributed by atoms with Gasteiger partial charge >= 0.3 is 0 Å². The van der Waals surface area contributed by atoms with Gasteiger partial charge in [0.15, 0.2) is 0 Å². The highest BCUT2D eigenvalue weighted by Crippen LogP contribution is 2.51. The van der Waals surface area contributed by atoms with Crippen LogP contribution < -0.4 is 4.90 Å². The molecule has 13 rings (SSSR count). The summed E-state index contributed by atoms with van der Waals surface area (Å²) in [7, 11) is 0. The fraction of sp³-hybridized carbons (Fsp3) is 0.111. The SMILES string of the molecule is CC(C)(C)c1ccc2c(c1)c1cc(C(C)(C)C)ccc1n2-c1ccc2ccc3c(N(c4cccc(-c5ccc(-c6ccccc6)cc5)c4)c4c(-c5ccccc5)cccc4-c4ccccc4)ccc4ccc1c2c43. The zero-order chi connectivity index (χ0) is 50.3. The van der Waals surface area contributed by atoms with Crippen molar-refractivity contribution in [3.05, 3.63) is 254 Å². The zero-order valence-corrected chi connectivity index (χ0v) is 43.0. The molecule has 0 aliphatic rings. The molecule has 2 heteroatoms. The molecule has 356 valence electrons. The number of nitrogens with zero attached hydrogens (tertiary/aromatic N) is 2. The molecule has 0 unspecified atom stereocenters. The van der Waals surface area contributed by atoms with Crippen molar-refractivity contribution in [3.8, 4) is 50.2 Å². The second-order valence-electron chi connectivity index (χ2n) is 22.2. The van der Waals surface area contributed by atoms with Gasteiger partial charge in [0.25, 0.3) is 0 Å². The molecule has 0 fully saturated rings. The summed E-state index contributed by atoms with van der Waals surface area (Å²) in [4.78, 5) is 2.55. The van der Waals surface area contributed by atoms with Gasteiger partial charge in [0.2, 0.25) is 0 Å². The molecule has 1 aromatic heterocycles. The largest absolute Gasteiger partial charge is 0.309 e. The van der Waals surface area contributed by atoms with Gasteiger partial charge in [-0.3, -0.25) is 0 Å². The summed E-state index contributed by atoms with van der Waals surface area (Å²) in [6.45, 7) is 13.9. The molecule has 0 aliphatic heterocycles. The molecule has 12 aromatic carbocycles.